The Balaban J connectivity index is 1.87. The van der Waals surface area contributed by atoms with Crippen LogP contribution < -0.4 is 5.32 Å². The van der Waals surface area contributed by atoms with Crippen molar-refractivity contribution in [1.29, 1.82) is 0 Å². The van der Waals surface area contributed by atoms with Gasteiger partial charge in [0.05, 0.1) is 5.39 Å². The van der Waals surface area contributed by atoms with Crippen LogP contribution in [0.25, 0.3) is 10.2 Å². The third kappa shape index (κ3) is 2.55. The topological polar surface area (TPSA) is 37.8 Å². The molecule has 20 heavy (non-hydrogen) atoms. The van der Waals surface area contributed by atoms with Crippen LogP contribution in [-0.4, -0.2) is 16.0 Å². The molecule has 0 spiro atoms. The van der Waals surface area contributed by atoms with E-state index < -0.39 is 0 Å². The van der Waals surface area contributed by atoms with Crippen LogP contribution in [0, 0.1) is 13.8 Å². The number of hydrogen-bond acceptors (Lipinski definition) is 5. The van der Waals surface area contributed by atoms with Crippen molar-refractivity contribution < 1.29 is 0 Å². The van der Waals surface area contributed by atoms with Crippen molar-refractivity contribution in [2.24, 2.45) is 0 Å². The summed E-state index contributed by atoms with van der Waals surface area (Å²) in [5.74, 6) is 0.958. The monoisotopic (exact) mass is 303 g/mol. The molecule has 0 radical (unpaired) electrons. The highest BCUT2D eigenvalue weighted by Crippen LogP contribution is 2.32. The zero-order valence-electron chi connectivity index (χ0n) is 11.8. The second-order valence-electron chi connectivity index (χ2n) is 5.07. The summed E-state index contributed by atoms with van der Waals surface area (Å²) < 4.78 is 0. The molecule has 0 aliphatic carbocycles. The molecule has 3 aromatic rings. The van der Waals surface area contributed by atoms with Crippen LogP contribution in [0.3, 0.4) is 0 Å². The maximum atomic E-state index is 4.44. The van der Waals surface area contributed by atoms with Gasteiger partial charge in [-0.05, 0) is 55.1 Å². The van der Waals surface area contributed by atoms with Crippen LogP contribution in [0.4, 0.5) is 5.82 Å². The first kappa shape index (κ1) is 13.5. The van der Waals surface area contributed by atoms with Gasteiger partial charge in [0.1, 0.15) is 17.0 Å². The number of nitrogens with one attached hydrogen (secondary N) is 1. The number of rotatable bonds is 4. The quantitative estimate of drug-likeness (QED) is 0.775. The molecule has 3 heterocycles. The average molecular weight is 303 g/mol. The Bertz CT molecular complexity index is 716. The van der Waals surface area contributed by atoms with Crippen molar-refractivity contribution in [3.63, 3.8) is 0 Å². The molecule has 0 aliphatic rings. The standard InChI is InChI=1S/C15H17N3S2/c1-9(6-12-4-5-19-7-12)18-14-13-10(2)11(3)20-15(13)17-8-16-14/h4-5,7-9H,6H2,1-3H3,(H,16,17,18). The Kier molecular flexibility index (Phi) is 3.72. The fourth-order valence-corrected chi connectivity index (χ4v) is 4.02. The van der Waals surface area contributed by atoms with Gasteiger partial charge in [0.15, 0.2) is 0 Å². The van der Waals surface area contributed by atoms with Gasteiger partial charge < -0.3 is 5.32 Å². The summed E-state index contributed by atoms with van der Waals surface area (Å²) in [4.78, 5) is 11.2. The summed E-state index contributed by atoms with van der Waals surface area (Å²) in [7, 11) is 0. The number of thiophene rings is 2. The smallest absolute Gasteiger partial charge is 0.138 e. The van der Waals surface area contributed by atoms with Crippen molar-refractivity contribution in [2.75, 3.05) is 5.32 Å². The minimum absolute atomic E-state index is 0.349. The molecule has 5 heteroatoms. The third-order valence-corrected chi connectivity index (χ3v) is 5.32. The predicted molar refractivity (Wildman–Crippen MR) is 88.0 cm³/mol. The first-order chi connectivity index (χ1) is 9.65. The highest BCUT2D eigenvalue weighted by atomic mass is 32.1. The molecule has 0 bridgehead atoms. The lowest BCUT2D eigenvalue weighted by Gasteiger charge is -2.14. The molecule has 0 saturated heterocycles. The fraction of sp³-hybridized carbons (Fsp3) is 0.333. The highest BCUT2D eigenvalue weighted by Gasteiger charge is 2.13. The Morgan fingerprint density at radius 1 is 1.30 bits per heavy atom. The lowest BCUT2D eigenvalue weighted by atomic mass is 10.1. The normalized spacial score (nSPS) is 12.8. The first-order valence-corrected chi connectivity index (χ1v) is 8.39. The van der Waals surface area contributed by atoms with Crippen LogP contribution in [0.1, 0.15) is 22.9 Å². The van der Waals surface area contributed by atoms with E-state index in [4.69, 9.17) is 0 Å². The minimum Gasteiger partial charge on any atom is -0.367 e. The summed E-state index contributed by atoms with van der Waals surface area (Å²) >= 11 is 3.48. The van der Waals surface area contributed by atoms with Crippen molar-refractivity contribution in [3.05, 3.63) is 39.2 Å². The zero-order chi connectivity index (χ0) is 14.1. The molecule has 1 N–H and O–H groups in total. The molecule has 1 unspecified atom stereocenters. The molecule has 0 aromatic carbocycles. The van der Waals surface area contributed by atoms with E-state index >= 15 is 0 Å². The molecule has 0 fully saturated rings. The summed E-state index contributed by atoms with van der Waals surface area (Å²) in [6.45, 7) is 6.48. The van der Waals surface area contributed by atoms with E-state index in [1.54, 1.807) is 29.0 Å². The van der Waals surface area contributed by atoms with Crippen molar-refractivity contribution in [1.82, 2.24) is 9.97 Å². The second kappa shape index (κ2) is 5.50. The van der Waals surface area contributed by atoms with Crippen molar-refractivity contribution in [3.8, 4) is 0 Å². The van der Waals surface area contributed by atoms with Crippen molar-refractivity contribution >= 4 is 38.7 Å². The Labute approximate surface area is 126 Å². The van der Waals surface area contributed by atoms with Gasteiger partial charge in [-0.3, -0.25) is 0 Å². The van der Waals surface area contributed by atoms with E-state index in [9.17, 15) is 0 Å². The van der Waals surface area contributed by atoms with Gasteiger partial charge >= 0.3 is 0 Å². The molecule has 104 valence electrons. The maximum absolute atomic E-state index is 4.44. The van der Waals surface area contributed by atoms with Crippen LogP contribution in [-0.2, 0) is 6.42 Å². The van der Waals surface area contributed by atoms with Gasteiger partial charge in [-0.2, -0.15) is 11.3 Å². The third-order valence-electron chi connectivity index (χ3n) is 3.47. The van der Waals surface area contributed by atoms with Gasteiger partial charge in [-0.15, -0.1) is 11.3 Å². The lowest BCUT2D eigenvalue weighted by molar-refractivity contribution is 0.788. The SMILES string of the molecule is Cc1sc2ncnc(NC(C)Cc3ccsc3)c2c1C. The van der Waals surface area contributed by atoms with Crippen LogP contribution in [0.2, 0.25) is 0 Å². The molecule has 3 rings (SSSR count). The molecule has 1 atom stereocenters. The largest absolute Gasteiger partial charge is 0.367 e. The number of fused-ring (bicyclic) bond motifs is 1. The van der Waals surface area contributed by atoms with E-state index in [0.717, 1.165) is 17.1 Å². The average Bonchev–Trinajstić information content (AvgIpc) is 3.00. The van der Waals surface area contributed by atoms with Crippen molar-refractivity contribution in [2.45, 2.75) is 33.2 Å². The number of aromatic nitrogens is 2. The molecule has 3 aromatic heterocycles. The molecular formula is C15H17N3S2. The van der Waals surface area contributed by atoms with E-state index in [1.807, 2.05) is 0 Å². The zero-order valence-corrected chi connectivity index (χ0v) is 13.4. The fourth-order valence-electron chi connectivity index (χ4n) is 2.34. The Hall–Kier alpha value is -1.46. The molecule has 3 nitrogen and oxygen atoms in total. The molecule has 0 saturated carbocycles. The van der Waals surface area contributed by atoms with E-state index in [1.165, 1.54) is 21.4 Å². The van der Waals surface area contributed by atoms with Gasteiger partial charge in [0.25, 0.3) is 0 Å². The highest BCUT2D eigenvalue weighted by molar-refractivity contribution is 7.18. The van der Waals surface area contributed by atoms with Gasteiger partial charge in [-0.25, -0.2) is 9.97 Å². The summed E-state index contributed by atoms with van der Waals surface area (Å²) in [6.07, 6.45) is 2.66. The number of hydrogen-bond donors (Lipinski definition) is 1. The lowest BCUT2D eigenvalue weighted by Crippen LogP contribution is -2.18. The van der Waals surface area contributed by atoms with E-state index in [0.29, 0.717) is 6.04 Å². The van der Waals surface area contributed by atoms with Crippen LogP contribution in [0.15, 0.2) is 23.2 Å². The molecular weight excluding hydrogens is 286 g/mol. The van der Waals surface area contributed by atoms with Gasteiger partial charge in [0, 0.05) is 10.9 Å². The van der Waals surface area contributed by atoms with Gasteiger partial charge in [0.2, 0.25) is 0 Å². The maximum Gasteiger partial charge on any atom is 0.138 e. The second-order valence-corrected chi connectivity index (χ2v) is 7.05. The van der Waals surface area contributed by atoms with E-state index in [2.05, 4.69) is 52.9 Å². The Morgan fingerprint density at radius 2 is 2.15 bits per heavy atom. The minimum atomic E-state index is 0.349. The summed E-state index contributed by atoms with van der Waals surface area (Å²) in [5.41, 5.74) is 2.66. The van der Waals surface area contributed by atoms with Crippen LogP contribution in [0.5, 0.6) is 0 Å². The number of aryl methyl sites for hydroxylation is 2. The van der Waals surface area contributed by atoms with E-state index in [-0.39, 0.29) is 0 Å². The Morgan fingerprint density at radius 3 is 2.90 bits per heavy atom. The summed E-state index contributed by atoms with van der Waals surface area (Å²) in [6, 6.07) is 2.53. The van der Waals surface area contributed by atoms with Crippen LogP contribution >= 0.6 is 22.7 Å². The predicted octanol–water partition coefficient (Wildman–Crippen LogP) is 4.41. The van der Waals surface area contributed by atoms with Gasteiger partial charge in [-0.1, -0.05) is 0 Å². The number of nitrogens with zero attached hydrogens (tertiary/aromatic N) is 2. The summed E-state index contributed by atoms with van der Waals surface area (Å²) in [5, 5.41) is 9.04. The molecule has 0 amide bonds. The molecule has 0 aliphatic heterocycles. The number of anilines is 1. The first-order valence-electron chi connectivity index (χ1n) is 6.63.